The molecule has 3 N–H and O–H groups in total. The lowest BCUT2D eigenvalue weighted by atomic mass is 10.0. The Bertz CT molecular complexity index is 925. The number of carboxylic acids is 1. The van der Waals surface area contributed by atoms with Gasteiger partial charge < -0.3 is 25.2 Å². The van der Waals surface area contributed by atoms with Gasteiger partial charge in [0.2, 0.25) is 11.8 Å². The van der Waals surface area contributed by atoms with Crippen LogP contribution in [0, 0.1) is 11.8 Å². The minimum atomic E-state index is -1.46. The van der Waals surface area contributed by atoms with Crippen LogP contribution in [-0.4, -0.2) is 92.7 Å². The first kappa shape index (κ1) is 28.8. The number of hydrogen-bond acceptors (Lipinski definition) is 7. The van der Waals surface area contributed by atoms with Gasteiger partial charge in [-0.2, -0.15) is 0 Å². The third kappa shape index (κ3) is 6.98. The maximum atomic E-state index is 13.8. The number of likely N-dealkylation sites (tertiary alicyclic amines) is 1. The number of aliphatic carboxylic acids is 1. The van der Waals surface area contributed by atoms with E-state index in [4.69, 9.17) is 4.74 Å². The Balaban J connectivity index is 1.81. The molecule has 10 nitrogen and oxygen atoms in total. The molecule has 1 aliphatic heterocycles. The fraction of sp³-hybridized carbons (Fsp3) is 0.704. The molecule has 0 aromatic heterocycles. The molecular weight excluding hydrogens is 478 g/mol. The zero-order valence-corrected chi connectivity index (χ0v) is 22.1. The molecule has 1 heterocycles. The van der Waals surface area contributed by atoms with Crippen molar-refractivity contribution in [3.8, 4) is 0 Å². The summed E-state index contributed by atoms with van der Waals surface area (Å²) < 4.78 is 5.60. The van der Waals surface area contributed by atoms with E-state index < -0.39 is 58.9 Å². The molecule has 0 bridgehead atoms. The number of esters is 1. The number of carbonyl (C=O) groups excluding carboxylic acids is 3. The number of nitrogens with one attached hydrogen (secondary N) is 1. The van der Waals surface area contributed by atoms with Gasteiger partial charge in [-0.1, -0.05) is 12.2 Å². The Labute approximate surface area is 218 Å². The van der Waals surface area contributed by atoms with Crippen LogP contribution in [0.1, 0.15) is 59.3 Å². The van der Waals surface area contributed by atoms with Crippen LogP contribution in [-0.2, 0) is 23.9 Å². The van der Waals surface area contributed by atoms with Gasteiger partial charge in [0.1, 0.15) is 23.1 Å². The molecule has 0 aromatic carbocycles. The second-order valence-corrected chi connectivity index (χ2v) is 11.5. The van der Waals surface area contributed by atoms with Crippen LogP contribution in [0.15, 0.2) is 25.3 Å². The Hall–Kier alpha value is -2.72. The van der Waals surface area contributed by atoms with Crippen molar-refractivity contribution in [2.24, 2.45) is 11.8 Å². The van der Waals surface area contributed by atoms with Gasteiger partial charge in [-0.3, -0.25) is 19.3 Å². The highest BCUT2D eigenvalue weighted by Crippen LogP contribution is 2.45. The largest absolute Gasteiger partial charge is 0.479 e. The predicted molar refractivity (Wildman–Crippen MR) is 136 cm³/mol. The fourth-order valence-electron chi connectivity index (χ4n) is 4.99. The lowest BCUT2D eigenvalue weighted by molar-refractivity contribution is -0.166. The molecule has 0 radical (unpaired) electrons. The Morgan fingerprint density at radius 1 is 1.24 bits per heavy atom. The number of carbonyl (C=O) groups is 4. The van der Waals surface area contributed by atoms with Crippen LogP contribution < -0.4 is 5.32 Å². The first-order valence-corrected chi connectivity index (χ1v) is 13.1. The van der Waals surface area contributed by atoms with Crippen molar-refractivity contribution in [2.75, 3.05) is 19.6 Å². The van der Waals surface area contributed by atoms with E-state index in [0.717, 1.165) is 25.7 Å². The van der Waals surface area contributed by atoms with Gasteiger partial charge in [0, 0.05) is 31.5 Å². The van der Waals surface area contributed by atoms with Gasteiger partial charge in [0.15, 0.2) is 0 Å². The van der Waals surface area contributed by atoms with Crippen molar-refractivity contribution in [1.82, 2.24) is 15.1 Å². The summed E-state index contributed by atoms with van der Waals surface area (Å²) in [7, 11) is 0. The first-order chi connectivity index (χ1) is 17.3. The molecule has 2 aliphatic carbocycles. The maximum Gasteiger partial charge on any atom is 0.330 e. The van der Waals surface area contributed by atoms with Crippen molar-refractivity contribution >= 4 is 23.8 Å². The normalized spacial score (nSPS) is 27.9. The molecule has 5 atom stereocenters. The fourth-order valence-corrected chi connectivity index (χ4v) is 4.99. The predicted octanol–water partition coefficient (Wildman–Crippen LogP) is 1.48. The van der Waals surface area contributed by atoms with Crippen LogP contribution in [0.4, 0.5) is 0 Å². The van der Waals surface area contributed by atoms with Crippen molar-refractivity contribution in [2.45, 2.75) is 88.6 Å². The number of hydrogen-bond donors (Lipinski definition) is 3. The SMILES string of the molecule is C=CCCCN(CC(C(=O)OC(C)(C)C)C(=O)N1C[C@H](O)C[C@H]1C(=O)NC1(C(=O)O)CC1C=C)C1CC1. The van der Waals surface area contributed by atoms with Crippen LogP contribution in [0.2, 0.25) is 0 Å². The van der Waals surface area contributed by atoms with Crippen LogP contribution in [0.25, 0.3) is 0 Å². The molecule has 2 amide bonds. The quantitative estimate of drug-likeness (QED) is 0.144. The van der Waals surface area contributed by atoms with Crippen molar-refractivity contribution in [3.05, 3.63) is 25.3 Å². The van der Waals surface area contributed by atoms with Crippen LogP contribution >= 0.6 is 0 Å². The maximum absolute atomic E-state index is 13.8. The van der Waals surface area contributed by atoms with Crippen molar-refractivity contribution in [1.29, 1.82) is 0 Å². The number of rotatable bonds is 13. The first-order valence-electron chi connectivity index (χ1n) is 13.1. The van der Waals surface area contributed by atoms with E-state index in [9.17, 15) is 29.4 Å². The van der Waals surface area contributed by atoms with E-state index in [1.54, 1.807) is 20.8 Å². The molecule has 206 valence electrons. The number of nitrogens with zero attached hydrogens (tertiary/aromatic N) is 2. The summed E-state index contributed by atoms with van der Waals surface area (Å²) in [6, 6.07) is -0.809. The van der Waals surface area contributed by atoms with Gasteiger partial charge in [0.05, 0.1) is 6.10 Å². The van der Waals surface area contributed by atoms with E-state index in [0.29, 0.717) is 6.54 Å². The van der Waals surface area contributed by atoms with Crippen molar-refractivity contribution < 1.29 is 34.1 Å². The highest BCUT2D eigenvalue weighted by molar-refractivity contribution is 6.01. The van der Waals surface area contributed by atoms with E-state index in [2.05, 4.69) is 23.4 Å². The lowest BCUT2D eigenvalue weighted by Gasteiger charge is -2.32. The zero-order valence-electron chi connectivity index (χ0n) is 22.1. The Morgan fingerprint density at radius 3 is 2.43 bits per heavy atom. The van der Waals surface area contributed by atoms with Crippen LogP contribution in [0.3, 0.4) is 0 Å². The standard InChI is InChI=1S/C27H41N3O7/c1-6-8-9-12-29(18-10-11-18)16-20(24(34)37-26(3,4)5)23(33)30-15-19(31)13-21(30)22(32)28-27(25(35)36)14-17(27)7-2/h6-7,17-21,31H,1-2,8-16H2,3-5H3,(H,28,32)(H,35,36)/t17?,19-,20?,21+,27?/m1/s1. The molecule has 0 spiro atoms. The van der Waals surface area contributed by atoms with Crippen LogP contribution in [0.5, 0.6) is 0 Å². The number of allylic oxidation sites excluding steroid dienone is 1. The lowest BCUT2D eigenvalue weighted by Crippen LogP contribution is -2.55. The summed E-state index contributed by atoms with van der Waals surface area (Å²) in [6.07, 6.45) is 6.13. The zero-order chi connectivity index (χ0) is 27.5. The number of β-amino-alcohol motifs (C(OH)–C–C–N with tert-alkyl or cyclic N) is 1. The molecule has 3 aliphatic rings. The second-order valence-electron chi connectivity index (χ2n) is 11.5. The molecule has 10 heteroatoms. The summed E-state index contributed by atoms with van der Waals surface area (Å²) in [4.78, 5) is 55.5. The van der Waals surface area contributed by atoms with Gasteiger partial charge in [-0.25, -0.2) is 4.79 Å². The molecular formula is C27H41N3O7. The van der Waals surface area contributed by atoms with Gasteiger partial charge in [-0.15, -0.1) is 13.2 Å². The molecule has 37 heavy (non-hydrogen) atoms. The number of unbranched alkanes of at least 4 members (excludes halogenated alkanes) is 1. The third-order valence-electron chi connectivity index (χ3n) is 7.22. The Kier molecular flexibility index (Phi) is 8.85. The number of aliphatic hydroxyl groups excluding tert-OH is 1. The second kappa shape index (κ2) is 11.3. The minimum absolute atomic E-state index is 0.0429. The minimum Gasteiger partial charge on any atom is -0.479 e. The van der Waals surface area contributed by atoms with E-state index in [-0.39, 0.29) is 32.0 Å². The number of carboxylic acid groups (broad SMARTS) is 1. The number of aliphatic hydroxyl groups is 1. The smallest absolute Gasteiger partial charge is 0.330 e. The molecule has 2 saturated carbocycles. The number of ether oxygens (including phenoxy) is 1. The highest BCUT2D eigenvalue weighted by Gasteiger charge is 2.61. The number of amides is 2. The average Bonchev–Trinajstić information content (AvgIpc) is 3.72. The van der Waals surface area contributed by atoms with Gasteiger partial charge in [-0.05, 0) is 59.4 Å². The average molecular weight is 520 g/mol. The molecule has 0 aromatic rings. The summed E-state index contributed by atoms with van der Waals surface area (Å²) in [6.45, 7) is 13.3. The molecule has 3 unspecified atom stereocenters. The van der Waals surface area contributed by atoms with Gasteiger partial charge in [0.25, 0.3) is 0 Å². The summed E-state index contributed by atoms with van der Waals surface area (Å²) in [5.41, 5.74) is -2.27. The topological polar surface area (TPSA) is 136 Å². The van der Waals surface area contributed by atoms with Crippen molar-refractivity contribution in [3.63, 3.8) is 0 Å². The summed E-state index contributed by atoms with van der Waals surface area (Å²) >= 11 is 0. The van der Waals surface area contributed by atoms with E-state index in [1.165, 1.54) is 11.0 Å². The van der Waals surface area contributed by atoms with E-state index in [1.807, 2.05) is 6.08 Å². The molecule has 1 saturated heterocycles. The highest BCUT2D eigenvalue weighted by atomic mass is 16.6. The monoisotopic (exact) mass is 519 g/mol. The molecule has 3 fully saturated rings. The Morgan fingerprint density at radius 2 is 1.92 bits per heavy atom. The summed E-state index contributed by atoms with van der Waals surface area (Å²) in [5, 5.41) is 22.6. The third-order valence-corrected chi connectivity index (χ3v) is 7.22. The summed E-state index contributed by atoms with van der Waals surface area (Å²) in [5.74, 6) is -4.71. The van der Waals surface area contributed by atoms with E-state index >= 15 is 0 Å². The molecule has 3 rings (SSSR count). The van der Waals surface area contributed by atoms with Gasteiger partial charge >= 0.3 is 11.9 Å².